The molecule has 0 aromatic carbocycles. The maximum absolute atomic E-state index is 12.1. The smallest absolute Gasteiger partial charge is 0.463 e. The Morgan fingerprint density at radius 3 is 1.36 bits per heavy atom. The van der Waals surface area contributed by atoms with E-state index in [9.17, 15) is 24.2 Å². The number of nitrogens with one attached hydrogen (secondary N) is 1. The number of esters is 1. The number of aliphatic hydroxyl groups is 1. The molecule has 0 aromatic heterocycles. The van der Waals surface area contributed by atoms with Gasteiger partial charge >= 0.3 is 13.8 Å². The second-order valence-electron chi connectivity index (χ2n) is 15.7. The number of unbranched alkanes of at least 4 members (excludes halogenated alkanes) is 29. The van der Waals surface area contributed by atoms with Crippen LogP contribution in [0.3, 0.4) is 0 Å². The zero-order valence-electron chi connectivity index (χ0n) is 35.9. The average Bonchev–Trinajstić information content (AvgIpc) is 3.17. The number of carbonyl (C=O) groups excluding carboxylic acids is 2. The lowest BCUT2D eigenvalue weighted by Gasteiger charge is -2.15. The van der Waals surface area contributed by atoms with Crippen LogP contribution in [0.25, 0.3) is 0 Å². The molecule has 0 saturated heterocycles. The van der Waals surface area contributed by atoms with E-state index in [0.29, 0.717) is 6.42 Å². The van der Waals surface area contributed by atoms with Gasteiger partial charge in [-0.25, -0.2) is 4.57 Å². The summed E-state index contributed by atoms with van der Waals surface area (Å²) in [5, 5.41) is 12.7. The molecule has 0 fully saturated rings. The zero-order valence-corrected chi connectivity index (χ0v) is 36.8. The molecule has 2 unspecified atom stereocenters. The lowest BCUT2D eigenvalue weighted by molar-refractivity contribution is -0.147. The number of carbonyl (C=O) groups is 2. The first-order valence-corrected chi connectivity index (χ1v) is 24.7. The molecule has 0 saturated carbocycles. The molecule has 3 N–H and O–H groups in total. The van der Waals surface area contributed by atoms with E-state index >= 15 is 0 Å². The second kappa shape index (κ2) is 42.4. The Morgan fingerprint density at radius 2 is 0.927 bits per heavy atom. The Bertz CT molecular complexity index is 917. The molecule has 0 spiro atoms. The number of allylic oxidation sites excluding steroid dienone is 2. The molecule has 0 aliphatic carbocycles. The van der Waals surface area contributed by atoms with Crippen molar-refractivity contribution in [1.82, 2.24) is 5.32 Å². The highest BCUT2D eigenvalue weighted by molar-refractivity contribution is 7.47. The standard InChI is InChI=1S/C45H88NO8P/c1-3-5-7-9-11-13-15-17-19-21-22-24-26-28-30-32-34-36-38-45(49)52-41-43(47)42-54-55(50,51)53-40-39-46-44(48)37-35-33-31-29-27-25-23-20-18-16-14-12-10-8-6-4-2/h19,21,43,47H,3-18,20,22-42H2,1-2H3,(H,46,48)(H,50,51)/b21-19-. The second-order valence-corrected chi connectivity index (χ2v) is 17.2. The van der Waals surface area contributed by atoms with E-state index in [1.807, 2.05) is 0 Å². The Hall–Kier alpha value is -1.25. The van der Waals surface area contributed by atoms with Crippen molar-refractivity contribution in [2.45, 2.75) is 238 Å². The van der Waals surface area contributed by atoms with Crippen LogP contribution in [0.5, 0.6) is 0 Å². The van der Waals surface area contributed by atoms with E-state index in [4.69, 9.17) is 13.8 Å². The predicted octanol–water partition coefficient (Wildman–Crippen LogP) is 13.0. The van der Waals surface area contributed by atoms with Gasteiger partial charge in [0.15, 0.2) is 0 Å². The van der Waals surface area contributed by atoms with E-state index in [2.05, 4.69) is 31.3 Å². The van der Waals surface area contributed by atoms with Crippen molar-refractivity contribution in [1.29, 1.82) is 0 Å². The molecule has 0 aromatic rings. The molecule has 10 heteroatoms. The van der Waals surface area contributed by atoms with E-state index < -0.39 is 26.5 Å². The largest absolute Gasteiger partial charge is 0.472 e. The van der Waals surface area contributed by atoms with Crippen molar-refractivity contribution in [3.05, 3.63) is 12.2 Å². The number of phosphoric ester groups is 1. The number of amides is 1. The van der Waals surface area contributed by atoms with Crippen LogP contribution in [0.2, 0.25) is 0 Å². The topological polar surface area (TPSA) is 131 Å². The molecule has 326 valence electrons. The van der Waals surface area contributed by atoms with Gasteiger partial charge < -0.3 is 20.1 Å². The Balaban J connectivity index is 3.56. The first kappa shape index (κ1) is 53.8. The quantitative estimate of drug-likeness (QED) is 0.0240. The van der Waals surface area contributed by atoms with Gasteiger partial charge in [-0.1, -0.05) is 193 Å². The maximum Gasteiger partial charge on any atom is 0.472 e. The summed E-state index contributed by atoms with van der Waals surface area (Å²) in [6.45, 7) is 3.59. The molecule has 55 heavy (non-hydrogen) atoms. The maximum atomic E-state index is 12.1. The number of ether oxygens (including phenoxy) is 1. The third-order valence-corrected chi connectivity index (χ3v) is 11.2. The minimum Gasteiger partial charge on any atom is -0.463 e. The highest BCUT2D eigenvalue weighted by Gasteiger charge is 2.23. The third-order valence-electron chi connectivity index (χ3n) is 10.2. The minimum absolute atomic E-state index is 0.0861. The number of hydrogen-bond acceptors (Lipinski definition) is 7. The molecule has 1 amide bonds. The van der Waals surface area contributed by atoms with Gasteiger partial charge in [-0.2, -0.15) is 0 Å². The van der Waals surface area contributed by atoms with E-state index in [0.717, 1.165) is 38.5 Å². The molecule has 0 aliphatic heterocycles. The van der Waals surface area contributed by atoms with Gasteiger partial charge in [0.2, 0.25) is 5.91 Å². The van der Waals surface area contributed by atoms with Crippen molar-refractivity contribution >= 4 is 19.7 Å². The number of rotatable bonds is 44. The van der Waals surface area contributed by atoms with Gasteiger partial charge in [0.05, 0.1) is 13.2 Å². The SMILES string of the molecule is CCCCCCCCC/C=C\CCCCCCCCCC(=O)OCC(O)COP(=O)(O)OCCNC(=O)CCCCCCCCCCCCCCCCCC. The molecule has 0 heterocycles. The first-order valence-electron chi connectivity index (χ1n) is 23.2. The van der Waals surface area contributed by atoms with Gasteiger partial charge in [-0.15, -0.1) is 0 Å². The van der Waals surface area contributed by atoms with Gasteiger partial charge in [0.1, 0.15) is 12.7 Å². The Kier molecular flexibility index (Phi) is 41.4. The number of aliphatic hydroxyl groups excluding tert-OH is 1. The number of hydrogen-bond donors (Lipinski definition) is 3. The van der Waals surface area contributed by atoms with E-state index in [-0.39, 0.29) is 32.1 Å². The summed E-state index contributed by atoms with van der Waals surface area (Å²) in [6.07, 6.45) is 44.2. The fraction of sp³-hybridized carbons (Fsp3) is 0.911. The Labute approximate surface area is 338 Å². The van der Waals surface area contributed by atoms with Crippen molar-refractivity contribution < 1.29 is 37.9 Å². The lowest BCUT2D eigenvalue weighted by Crippen LogP contribution is -2.27. The van der Waals surface area contributed by atoms with Crippen LogP contribution in [0.1, 0.15) is 232 Å². The third kappa shape index (κ3) is 43.7. The van der Waals surface area contributed by atoms with Gasteiger partial charge in [0.25, 0.3) is 0 Å². The van der Waals surface area contributed by atoms with Crippen LogP contribution < -0.4 is 5.32 Å². The summed E-state index contributed by atoms with van der Waals surface area (Å²) in [6, 6.07) is 0. The van der Waals surface area contributed by atoms with Crippen LogP contribution in [-0.4, -0.2) is 54.3 Å². The van der Waals surface area contributed by atoms with Crippen LogP contribution >= 0.6 is 7.82 Å². The van der Waals surface area contributed by atoms with Gasteiger partial charge in [-0.3, -0.25) is 18.6 Å². The molecule has 9 nitrogen and oxygen atoms in total. The fourth-order valence-electron chi connectivity index (χ4n) is 6.67. The summed E-state index contributed by atoms with van der Waals surface area (Å²) in [5.74, 6) is -0.510. The number of phosphoric acid groups is 1. The van der Waals surface area contributed by atoms with Crippen molar-refractivity contribution in [3.63, 3.8) is 0 Å². The predicted molar refractivity (Wildman–Crippen MR) is 229 cm³/mol. The molecule has 0 radical (unpaired) electrons. The minimum atomic E-state index is -4.41. The average molecular weight is 802 g/mol. The molecular weight excluding hydrogens is 713 g/mol. The van der Waals surface area contributed by atoms with E-state index in [1.165, 1.54) is 167 Å². The van der Waals surface area contributed by atoms with Gasteiger partial charge in [-0.05, 0) is 38.5 Å². The normalized spacial score (nSPS) is 13.3. The van der Waals surface area contributed by atoms with Crippen LogP contribution in [0, 0.1) is 0 Å². The molecule has 0 bridgehead atoms. The molecule has 2 atom stereocenters. The van der Waals surface area contributed by atoms with Crippen LogP contribution in [0.4, 0.5) is 0 Å². The van der Waals surface area contributed by atoms with Crippen LogP contribution in [-0.2, 0) is 27.9 Å². The van der Waals surface area contributed by atoms with Crippen molar-refractivity contribution in [2.75, 3.05) is 26.4 Å². The van der Waals surface area contributed by atoms with Crippen molar-refractivity contribution in [3.8, 4) is 0 Å². The first-order chi connectivity index (χ1) is 26.8. The summed E-state index contributed by atoms with van der Waals surface area (Å²) in [5.41, 5.74) is 0. The molecule has 0 rings (SSSR count). The Morgan fingerprint density at radius 1 is 0.545 bits per heavy atom. The summed E-state index contributed by atoms with van der Waals surface area (Å²) < 4.78 is 26.9. The molecular formula is C45H88NO8P. The lowest BCUT2D eigenvalue weighted by atomic mass is 10.0. The van der Waals surface area contributed by atoms with Crippen LogP contribution in [0.15, 0.2) is 12.2 Å². The highest BCUT2D eigenvalue weighted by atomic mass is 31.2. The summed E-state index contributed by atoms with van der Waals surface area (Å²) in [4.78, 5) is 33.9. The van der Waals surface area contributed by atoms with Gasteiger partial charge in [0, 0.05) is 19.4 Å². The summed E-state index contributed by atoms with van der Waals surface area (Å²) >= 11 is 0. The van der Waals surface area contributed by atoms with E-state index in [1.54, 1.807) is 0 Å². The highest BCUT2D eigenvalue weighted by Crippen LogP contribution is 2.42. The summed E-state index contributed by atoms with van der Waals surface area (Å²) in [7, 11) is -4.41. The molecule has 0 aliphatic rings. The van der Waals surface area contributed by atoms with Crippen molar-refractivity contribution in [2.24, 2.45) is 0 Å². The zero-order chi connectivity index (χ0) is 40.3. The fourth-order valence-corrected chi connectivity index (χ4v) is 7.43. The monoisotopic (exact) mass is 802 g/mol.